The van der Waals surface area contributed by atoms with Crippen LogP contribution in [0.5, 0.6) is 0 Å². The Bertz CT molecular complexity index is 626. The fraction of sp³-hybridized carbons (Fsp3) is 0.267. The maximum absolute atomic E-state index is 13.0. The van der Waals surface area contributed by atoms with E-state index in [0.717, 1.165) is 10.0 Å². The lowest BCUT2D eigenvalue weighted by atomic mass is 10.1. The summed E-state index contributed by atoms with van der Waals surface area (Å²) < 4.78 is 20.5. The Morgan fingerprint density at radius 3 is 2.40 bits per heavy atom. The minimum Gasteiger partial charge on any atom is -0.443 e. The summed E-state index contributed by atoms with van der Waals surface area (Å²) in [6.07, 6.45) is 1.16. The maximum Gasteiger partial charge on any atom is 0.419 e. The van der Waals surface area contributed by atoms with E-state index in [1.54, 1.807) is 45.2 Å². The van der Waals surface area contributed by atoms with Crippen molar-refractivity contribution >= 4 is 22.0 Å². The molecule has 0 saturated carbocycles. The average molecular weight is 340 g/mol. The highest BCUT2D eigenvalue weighted by atomic mass is 79.9. The molecule has 2 rings (SSSR count). The summed E-state index contributed by atoms with van der Waals surface area (Å²) in [6, 6.07) is 7.75. The van der Waals surface area contributed by atoms with Crippen molar-refractivity contribution in [2.24, 2.45) is 0 Å². The van der Waals surface area contributed by atoms with Crippen LogP contribution >= 0.6 is 15.9 Å². The van der Waals surface area contributed by atoms with Crippen molar-refractivity contribution in [1.82, 2.24) is 4.57 Å². The zero-order valence-corrected chi connectivity index (χ0v) is 13.1. The van der Waals surface area contributed by atoms with Gasteiger partial charge >= 0.3 is 6.09 Å². The largest absolute Gasteiger partial charge is 0.443 e. The summed E-state index contributed by atoms with van der Waals surface area (Å²) in [6.45, 7) is 5.42. The lowest BCUT2D eigenvalue weighted by Crippen LogP contribution is -2.27. The molecule has 0 aliphatic carbocycles. The summed E-state index contributed by atoms with van der Waals surface area (Å²) in [5.74, 6) is -0.316. The number of hydrogen-bond acceptors (Lipinski definition) is 2. The molecule has 0 spiro atoms. The highest BCUT2D eigenvalue weighted by Gasteiger charge is 2.20. The van der Waals surface area contributed by atoms with Crippen molar-refractivity contribution in [3.63, 3.8) is 0 Å². The number of carbonyl (C=O) groups excluding carboxylic acids is 1. The second-order valence-electron chi connectivity index (χ2n) is 5.40. The molecule has 0 N–H and O–H groups in total. The predicted molar refractivity (Wildman–Crippen MR) is 79.2 cm³/mol. The van der Waals surface area contributed by atoms with E-state index >= 15 is 0 Å². The molecule has 0 aliphatic heterocycles. The molecule has 0 atom stereocenters. The van der Waals surface area contributed by atoms with Gasteiger partial charge in [0.25, 0.3) is 0 Å². The first kappa shape index (κ1) is 14.8. The Kier molecular flexibility index (Phi) is 3.99. The molecular formula is C15H15BrFNO2. The normalized spacial score (nSPS) is 11.4. The van der Waals surface area contributed by atoms with E-state index in [4.69, 9.17) is 4.74 Å². The number of nitrogens with zero attached hydrogens (tertiary/aromatic N) is 1. The summed E-state index contributed by atoms with van der Waals surface area (Å²) in [4.78, 5) is 12.2. The predicted octanol–water partition coefficient (Wildman–Crippen LogP) is 4.84. The number of rotatable bonds is 1. The Balaban J connectivity index is 2.40. The minimum atomic E-state index is -0.576. The fourth-order valence-corrected chi connectivity index (χ4v) is 2.16. The van der Waals surface area contributed by atoms with Crippen molar-refractivity contribution in [3.8, 4) is 11.3 Å². The van der Waals surface area contributed by atoms with Gasteiger partial charge in [-0.15, -0.1) is 0 Å². The van der Waals surface area contributed by atoms with Crippen LogP contribution in [-0.2, 0) is 4.74 Å². The van der Waals surface area contributed by atoms with E-state index in [9.17, 15) is 9.18 Å². The van der Waals surface area contributed by atoms with Crippen molar-refractivity contribution in [3.05, 3.63) is 46.8 Å². The third-order valence-corrected chi connectivity index (χ3v) is 2.95. The molecule has 0 unspecified atom stereocenters. The van der Waals surface area contributed by atoms with Crippen LogP contribution in [0.1, 0.15) is 20.8 Å². The molecule has 0 radical (unpaired) electrons. The van der Waals surface area contributed by atoms with Gasteiger partial charge in [-0.2, -0.15) is 0 Å². The molecule has 106 valence electrons. The molecule has 1 aromatic carbocycles. The Hall–Kier alpha value is -1.62. The standard InChI is InChI=1S/C15H15BrFNO2/c1-15(2,3)20-14(19)18-9-11(16)8-13(18)10-4-6-12(17)7-5-10/h4-9H,1-3H3. The Morgan fingerprint density at radius 2 is 1.85 bits per heavy atom. The SMILES string of the molecule is CC(C)(C)OC(=O)n1cc(Br)cc1-c1ccc(F)cc1. The van der Waals surface area contributed by atoms with Gasteiger partial charge in [0, 0.05) is 10.7 Å². The molecule has 0 fully saturated rings. The number of aromatic nitrogens is 1. The van der Waals surface area contributed by atoms with Crippen LogP contribution in [0.2, 0.25) is 0 Å². The molecule has 2 aromatic rings. The van der Waals surface area contributed by atoms with E-state index in [0.29, 0.717) is 5.69 Å². The van der Waals surface area contributed by atoms with E-state index in [-0.39, 0.29) is 5.82 Å². The lowest BCUT2D eigenvalue weighted by Gasteiger charge is -2.20. The van der Waals surface area contributed by atoms with Gasteiger partial charge in [0.1, 0.15) is 11.4 Å². The molecule has 5 heteroatoms. The minimum absolute atomic E-state index is 0.316. The highest BCUT2D eigenvalue weighted by molar-refractivity contribution is 9.10. The Labute approximate surface area is 125 Å². The van der Waals surface area contributed by atoms with E-state index < -0.39 is 11.7 Å². The topological polar surface area (TPSA) is 31.2 Å². The molecule has 1 heterocycles. The van der Waals surface area contributed by atoms with Crippen LogP contribution in [0.3, 0.4) is 0 Å². The molecular weight excluding hydrogens is 325 g/mol. The second kappa shape index (κ2) is 5.40. The zero-order valence-electron chi connectivity index (χ0n) is 11.5. The van der Waals surface area contributed by atoms with E-state index in [1.165, 1.54) is 16.7 Å². The van der Waals surface area contributed by atoms with Gasteiger partial charge in [-0.3, -0.25) is 4.57 Å². The molecule has 20 heavy (non-hydrogen) atoms. The monoisotopic (exact) mass is 339 g/mol. The molecule has 3 nitrogen and oxygen atoms in total. The van der Waals surface area contributed by atoms with E-state index in [2.05, 4.69) is 15.9 Å². The van der Waals surface area contributed by atoms with Crippen molar-refractivity contribution in [1.29, 1.82) is 0 Å². The van der Waals surface area contributed by atoms with Crippen LogP contribution in [0.25, 0.3) is 11.3 Å². The van der Waals surface area contributed by atoms with Gasteiger partial charge in [-0.05, 0) is 72.6 Å². The maximum atomic E-state index is 13.0. The van der Waals surface area contributed by atoms with Crippen molar-refractivity contribution < 1.29 is 13.9 Å². The van der Waals surface area contributed by atoms with Gasteiger partial charge in [0.2, 0.25) is 0 Å². The number of carbonyl (C=O) groups is 1. The van der Waals surface area contributed by atoms with Gasteiger partial charge in [0.05, 0.1) is 5.69 Å². The van der Waals surface area contributed by atoms with Crippen LogP contribution in [0, 0.1) is 5.82 Å². The number of ether oxygens (including phenoxy) is 1. The molecule has 0 bridgehead atoms. The summed E-state index contributed by atoms with van der Waals surface area (Å²) in [5.41, 5.74) is 0.808. The molecule has 0 aliphatic rings. The first-order valence-corrected chi connectivity index (χ1v) is 6.93. The van der Waals surface area contributed by atoms with Crippen LogP contribution in [0.15, 0.2) is 41.0 Å². The average Bonchev–Trinajstić information content (AvgIpc) is 2.70. The summed E-state index contributed by atoms with van der Waals surface area (Å²) in [5, 5.41) is 0. The molecule has 0 saturated heterocycles. The Morgan fingerprint density at radius 1 is 1.25 bits per heavy atom. The molecule has 1 aromatic heterocycles. The highest BCUT2D eigenvalue weighted by Crippen LogP contribution is 2.26. The van der Waals surface area contributed by atoms with E-state index in [1.807, 2.05) is 0 Å². The number of benzene rings is 1. The van der Waals surface area contributed by atoms with Gasteiger partial charge in [-0.1, -0.05) is 0 Å². The smallest absolute Gasteiger partial charge is 0.419 e. The quantitative estimate of drug-likeness (QED) is 0.744. The fourth-order valence-electron chi connectivity index (χ4n) is 1.74. The van der Waals surface area contributed by atoms with Crippen LogP contribution in [0.4, 0.5) is 9.18 Å². The summed E-state index contributed by atoms with van der Waals surface area (Å²) >= 11 is 3.34. The van der Waals surface area contributed by atoms with Gasteiger partial charge in [0.15, 0.2) is 0 Å². The third-order valence-electron chi connectivity index (χ3n) is 2.52. The van der Waals surface area contributed by atoms with Crippen LogP contribution in [-0.4, -0.2) is 16.3 Å². The molecule has 0 amide bonds. The first-order valence-electron chi connectivity index (χ1n) is 6.13. The second-order valence-corrected chi connectivity index (χ2v) is 6.32. The van der Waals surface area contributed by atoms with Gasteiger partial charge < -0.3 is 4.74 Å². The van der Waals surface area contributed by atoms with Crippen molar-refractivity contribution in [2.45, 2.75) is 26.4 Å². The lowest BCUT2D eigenvalue weighted by molar-refractivity contribution is 0.0540. The summed E-state index contributed by atoms with van der Waals surface area (Å²) in [7, 11) is 0. The first-order chi connectivity index (χ1) is 9.26. The van der Waals surface area contributed by atoms with Crippen molar-refractivity contribution in [2.75, 3.05) is 0 Å². The third kappa shape index (κ3) is 3.48. The van der Waals surface area contributed by atoms with Gasteiger partial charge in [-0.25, -0.2) is 9.18 Å². The zero-order chi connectivity index (χ0) is 14.9. The van der Waals surface area contributed by atoms with Crippen LogP contribution < -0.4 is 0 Å². The number of halogens is 2. The number of hydrogen-bond donors (Lipinski definition) is 0.